The van der Waals surface area contributed by atoms with E-state index in [1.165, 1.54) is 0 Å². The zero-order valence-electron chi connectivity index (χ0n) is 7.04. The number of aldehydes is 1. The van der Waals surface area contributed by atoms with Gasteiger partial charge in [-0.15, -0.1) is 0 Å². The Morgan fingerprint density at radius 2 is 2.08 bits per heavy atom. The van der Waals surface area contributed by atoms with Gasteiger partial charge in [0.2, 0.25) is 0 Å². The largest absolute Gasteiger partial charge is 0.377 e. The van der Waals surface area contributed by atoms with E-state index in [0.717, 1.165) is 12.0 Å². The average molecular weight is 184 g/mol. The van der Waals surface area contributed by atoms with Crippen LogP contribution < -0.4 is 4.90 Å². The lowest BCUT2D eigenvalue weighted by Crippen LogP contribution is -2.10. The van der Waals surface area contributed by atoms with Crippen molar-refractivity contribution in [3.05, 3.63) is 28.8 Å². The van der Waals surface area contributed by atoms with Crippen molar-refractivity contribution in [2.75, 3.05) is 19.0 Å². The Hall–Kier alpha value is -1.02. The second-order valence-corrected chi connectivity index (χ2v) is 3.15. The maximum atomic E-state index is 10.6. The van der Waals surface area contributed by atoms with Crippen molar-refractivity contribution in [1.29, 1.82) is 0 Å². The Morgan fingerprint density at radius 1 is 1.42 bits per heavy atom. The van der Waals surface area contributed by atoms with E-state index in [0.29, 0.717) is 10.6 Å². The van der Waals surface area contributed by atoms with Crippen LogP contribution in [0.15, 0.2) is 18.2 Å². The van der Waals surface area contributed by atoms with E-state index in [-0.39, 0.29) is 0 Å². The molecule has 0 aliphatic carbocycles. The molecule has 0 radical (unpaired) electrons. The van der Waals surface area contributed by atoms with Crippen LogP contribution in [0.2, 0.25) is 5.02 Å². The number of benzene rings is 1. The highest BCUT2D eigenvalue weighted by atomic mass is 35.5. The average Bonchev–Trinajstić information content (AvgIpc) is 2.04. The van der Waals surface area contributed by atoms with Crippen LogP contribution >= 0.6 is 11.6 Å². The lowest BCUT2D eigenvalue weighted by molar-refractivity contribution is 0.112. The summed E-state index contributed by atoms with van der Waals surface area (Å²) in [5.41, 5.74) is 1.50. The van der Waals surface area contributed by atoms with Crippen LogP contribution in [0.25, 0.3) is 0 Å². The highest BCUT2D eigenvalue weighted by Gasteiger charge is 2.03. The fourth-order valence-electron chi connectivity index (χ4n) is 1.00. The summed E-state index contributed by atoms with van der Waals surface area (Å²) in [6.07, 6.45) is 0.825. The minimum atomic E-state index is 0.643. The Balaban J connectivity index is 3.21. The van der Waals surface area contributed by atoms with Gasteiger partial charge in [-0.2, -0.15) is 0 Å². The maximum Gasteiger partial charge on any atom is 0.152 e. The van der Waals surface area contributed by atoms with Gasteiger partial charge >= 0.3 is 0 Å². The van der Waals surface area contributed by atoms with Crippen molar-refractivity contribution >= 4 is 23.6 Å². The third kappa shape index (κ3) is 1.77. The summed E-state index contributed by atoms with van der Waals surface area (Å²) < 4.78 is 0. The van der Waals surface area contributed by atoms with Gasteiger partial charge in [0, 0.05) is 30.4 Å². The van der Waals surface area contributed by atoms with Crippen molar-refractivity contribution in [2.24, 2.45) is 0 Å². The van der Waals surface area contributed by atoms with E-state index >= 15 is 0 Å². The molecule has 0 saturated carbocycles. The Labute approximate surface area is 76.8 Å². The van der Waals surface area contributed by atoms with Crippen LogP contribution in [-0.2, 0) is 0 Å². The monoisotopic (exact) mass is 183 g/mol. The fraction of sp³-hybridized carbons (Fsp3) is 0.222. The van der Waals surface area contributed by atoms with Crippen LogP contribution in [-0.4, -0.2) is 20.4 Å². The highest BCUT2D eigenvalue weighted by Crippen LogP contribution is 2.21. The van der Waals surface area contributed by atoms with Crippen LogP contribution in [0, 0.1) is 0 Å². The molecule has 1 rings (SSSR count). The number of nitrogens with zero attached hydrogens (tertiary/aromatic N) is 1. The summed E-state index contributed by atoms with van der Waals surface area (Å²) in [7, 11) is 3.75. The molecule has 0 N–H and O–H groups in total. The zero-order chi connectivity index (χ0) is 9.14. The minimum absolute atomic E-state index is 0.643. The summed E-state index contributed by atoms with van der Waals surface area (Å²) in [5.74, 6) is 0. The third-order valence-electron chi connectivity index (χ3n) is 1.60. The summed E-state index contributed by atoms with van der Waals surface area (Å²) in [6, 6.07) is 5.19. The molecule has 2 nitrogen and oxygen atoms in total. The third-order valence-corrected chi connectivity index (χ3v) is 1.84. The number of halogens is 1. The number of hydrogen-bond acceptors (Lipinski definition) is 2. The number of carbonyl (C=O) groups excluding carboxylic acids is 1. The number of anilines is 1. The molecule has 3 heteroatoms. The van der Waals surface area contributed by atoms with Gasteiger partial charge in [0.15, 0.2) is 6.29 Å². The first-order chi connectivity index (χ1) is 5.65. The number of carbonyl (C=O) groups is 1. The van der Waals surface area contributed by atoms with Gasteiger partial charge in [-0.1, -0.05) is 11.6 Å². The van der Waals surface area contributed by atoms with Gasteiger partial charge in [-0.3, -0.25) is 4.79 Å². The fourth-order valence-corrected chi connectivity index (χ4v) is 1.17. The van der Waals surface area contributed by atoms with Crippen LogP contribution in [0.1, 0.15) is 10.4 Å². The Kier molecular flexibility index (Phi) is 2.71. The Morgan fingerprint density at radius 3 is 2.58 bits per heavy atom. The van der Waals surface area contributed by atoms with Gasteiger partial charge in [0.05, 0.1) is 0 Å². The zero-order valence-corrected chi connectivity index (χ0v) is 7.80. The van der Waals surface area contributed by atoms with Crippen molar-refractivity contribution < 1.29 is 4.79 Å². The van der Waals surface area contributed by atoms with Crippen molar-refractivity contribution in [2.45, 2.75) is 0 Å². The van der Waals surface area contributed by atoms with Gasteiger partial charge in [0.1, 0.15) is 0 Å². The molecule has 1 aromatic carbocycles. The smallest absolute Gasteiger partial charge is 0.152 e. The molecular formula is C9H10ClNO. The second kappa shape index (κ2) is 3.59. The maximum absolute atomic E-state index is 10.6. The molecule has 0 aliphatic rings. The SMILES string of the molecule is CN(C)c1cc(Cl)ccc1C=O. The van der Waals surface area contributed by atoms with E-state index in [9.17, 15) is 4.79 Å². The van der Waals surface area contributed by atoms with E-state index in [4.69, 9.17) is 11.6 Å². The molecule has 64 valence electrons. The molecule has 0 aliphatic heterocycles. The predicted molar refractivity (Wildman–Crippen MR) is 51.2 cm³/mol. The lowest BCUT2D eigenvalue weighted by Gasteiger charge is -2.14. The summed E-state index contributed by atoms with van der Waals surface area (Å²) >= 11 is 5.78. The first kappa shape index (κ1) is 9.07. The standard InChI is InChI=1S/C9H10ClNO/c1-11(2)9-5-8(10)4-3-7(9)6-12/h3-6H,1-2H3. The summed E-state index contributed by atoms with van der Waals surface area (Å²) in [5, 5.41) is 0.643. The van der Waals surface area contributed by atoms with Crippen LogP contribution in [0.3, 0.4) is 0 Å². The molecule has 0 saturated heterocycles. The quantitative estimate of drug-likeness (QED) is 0.656. The van der Waals surface area contributed by atoms with Crippen LogP contribution in [0.5, 0.6) is 0 Å². The molecule has 0 fully saturated rings. The van der Waals surface area contributed by atoms with Crippen molar-refractivity contribution in [3.8, 4) is 0 Å². The molecule has 1 aromatic rings. The minimum Gasteiger partial charge on any atom is -0.377 e. The van der Waals surface area contributed by atoms with Gasteiger partial charge < -0.3 is 4.90 Å². The molecule has 0 atom stereocenters. The van der Waals surface area contributed by atoms with E-state index < -0.39 is 0 Å². The second-order valence-electron chi connectivity index (χ2n) is 2.72. The normalized spacial score (nSPS) is 9.58. The summed E-state index contributed by atoms with van der Waals surface area (Å²) in [4.78, 5) is 12.4. The highest BCUT2D eigenvalue weighted by molar-refractivity contribution is 6.31. The molecule has 0 unspecified atom stereocenters. The van der Waals surface area contributed by atoms with E-state index in [2.05, 4.69) is 0 Å². The first-order valence-electron chi connectivity index (χ1n) is 3.57. The molecule has 0 aromatic heterocycles. The Bertz CT molecular complexity index is 297. The first-order valence-corrected chi connectivity index (χ1v) is 3.95. The molecule has 0 spiro atoms. The van der Waals surface area contributed by atoms with Crippen LogP contribution in [0.4, 0.5) is 5.69 Å². The molecule has 0 bridgehead atoms. The van der Waals surface area contributed by atoms with E-state index in [1.807, 2.05) is 19.0 Å². The van der Waals surface area contributed by atoms with Gasteiger partial charge in [-0.25, -0.2) is 0 Å². The predicted octanol–water partition coefficient (Wildman–Crippen LogP) is 2.22. The number of hydrogen-bond donors (Lipinski definition) is 0. The molecular weight excluding hydrogens is 174 g/mol. The van der Waals surface area contributed by atoms with Gasteiger partial charge in [0.25, 0.3) is 0 Å². The molecule has 0 heterocycles. The van der Waals surface area contributed by atoms with Crippen molar-refractivity contribution in [1.82, 2.24) is 0 Å². The number of rotatable bonds is 2. The molecule has 0 amide bonds. The summed E-state index contributed by atoms with van der Waals surface area (Å²) in [6.45, 7) is 0. The lowest BCUT2D eigenvalue weighted by atomic mass is 10.2. The van der Waals surface area contributed by atoms with E-state index in [1.54, 1.807) is 18.2 Å². The van der Waals surface area contributed by atoms with Gasteiger partial charge in [-0.05, 0) is 18.2 Å². The van der Waals surface area contributed by atoms with Crippen molar-refractivity contribution in [3.63, 3.8) is 0 Å². The topological polar surface area (TPSA) is 20.3 Å². The molecule has 12 heavy (non-hydrogen) atoms.